The lowest BCUT2D eigenvalue weighted by Gasteiger charge is -2.11. The highest BCUT2D eigenvalue weighted by Gasteiger charge is 2.13. The summed E-state index contributed by atoms with van der Waals surface area (Å²) in [4.78, 5) is 13.0. The number of aromatic nitrogens is 3. The molecule has 2 aromatic heterocycles. The summed E-state index contributed by atoms with van der Waals surface area (Å²) < 4.78 is 40.2. The van der Waals surface area contributed by atoms with Crippen LogP contribution in [0.5, 0.6) is 0 Å². The average molecular weight is 389 g/mol. The van der Waals surface area contributed by atoms with Gasteiger partial charge < -0.3 is 5.32 Å². The van der Waals surface area contributed by atoms with E-state index in [4.69, 9.17) is 0 Å². The highest BCUT2D eigenvalue weighted by atomic mass is 35.5. The molecule has 0 fully saturated rings. The molecule has 0 aliphatic rings. The Morgan fingerprint density at radius 3 is 2.30 bits per heavy atom. The highest BCUT2D eigenvalue weighted by Crippen LogP contribution is 2.28. The van der Waals surface area contributed by atoms with Gasteiger partial charge in [-0.1, -0.05) is 12.1 Å². The molecule has 2 aromatic carbocycles. The lowest BCUT2D eigenvalue weighted by atomic mass is 10.2. The molecular formula is C19H12ClF3N4. The van der Waals surface area contributed by atoms with Crippen LogP contribution in [-0.4, -0.2) is 15.0 Å². The fraction of sp³-hybridized carbons (Fsp3) is 0. The second kappa shape index (κ2) is 7.59. The number of nitrogens with one attached hydrogen (secondary N) is 1. The van der Waals surface area contributed by atoms with Crippen molar-refractivity contribution in [1.82, 2.24) is 15.0 Å². The van der Waals surface area contributed by atoms with E-state index in [-0.39, 0.29) is 18.1 Å². The maximum absolute atomic E-state index is 13.5. The quantitative estimate of drug-likeness (QED) is 0.485. The minimum atomic E-state index is -1.51. The fourth-order valence-corrected chi connectivity index (χ4v) is 2.56. The highest BCUT2D eigenvalue weighted by molar-refractivity contribution is 5.92. The second-order valence-electron chi connectivity index (χ2n) is 5.53. The van der Waals surface area contributed by atoms with Gasteiger partial charge in [0.05, 0.1) is 5.52 Å². The van der Waals surface area contributed by atoms with Gasteiger partial charge in [0, 0.05) is 41.2 Å². The minimum Gasteiger partial charge on any atom is -0.339 e. The number of fused-ring (bicyclic) bond motifs is 1. The van der Waals surface area contributed by atoms with Gasteiger partial charge in [0.15, 0.2) is 23.3 Å². The molecule has 0 aliphatic carbocycles. The normalized spacial score (nSPS) is 10.5. The first-order chi connectivity index (χ1) is 12.6. The topological polar surface area (TPSA) is 50.7 Å². The zero-order chi connectivity index (χ0) is 18.1. The maximum Gasteiger partial charge on any atom is 0.194 e. The van der Waals surface area contributed by atoms with Gasteiger partial charge in [-0.3, -0.25) is 4.98 Å². The number of benzene rings is 2. The van der Waals surface area contributed by atoms with Crippen molar-refractivity contribution in [3.8, 4) is 11.4 Å². The van der Waals surface area contributed by atoms with Crippen molar-refractivity contribution < 1.29 is 13.2 Å². The van der Waals surface area contributed by atoms with E-state index in [2.05, 4.69) is 20.3 Å². The van der Waals surface area contributed by atoms with Crippen molar-refractivity contribution >= 4 is 34.8 Å². The van der Waals surface area contributed by atoms with Gasteiger partial charge in [0.1, 0.15) is 5.82 Å². The number of para-hydroxylation sites is 1. The van der Waals surface area contributed by atoms with E-state index in [1.54, 1.807) is 42.7 Å². The van der Waals surface area contributed by atoms with E-state index in [1.165, 1.54) is 0 Å². The van der Waals surface area contributed by atoms with E-state index in [1.807, 2.05) is 6.07 Å². The third kappa shape index (κ3) is 3.68. The fourth-order valence-electron chi connectivity index (χ4n) is 2.56. The third-order valence-electron chi connectivity index (χ3n) is 3.77. The molecule has 4 rings (SSSR count). The minimum absolute atomic E-state index is 0. The lowest BCUT2D eigenvalue weighted by Crippen LogP contribution is -2.01. The Morgan fingerprint density at radius 2 is 1.59 bits per heavy atom. The van der Waals surface area contributed by atoms with Crippen molar-refractivity contribution in [1.29, 1.82) is 0 Å². The number of hydrogen-bond donors (Lipinski definition) is 1. The van der Waals surface area contributed by atoms with Crippen molar-refractivity contribution in [3.05, 3.63) is 78.4 Å². The van der Waals surface area contributed by atoms with Crippen LogP contribution in [0.1, 0.15) is 0 Å². The smallest absolute Gasteiger partial charge is 0.194 e. The van der Waals surface area contributed by atoms with Crippen LogP contribution in [-0.2, 0) is 0 Å². The Kier molecular flexibility index (Phi) is 5.23. The Hall–Kier alpha value is -3.19. The molecule has 2 heterocycles. The van der Waals surface area contributed by atoms with Gasteiger partial charge >= 0.3 is 0 Å². The summed E-state index contributed by atoms with van der Waals surface area (Å²) in [5, 5.41) is 3.51. The van der Waals surface area contributed by atoms with Gasteiger partial charge in [0.2, 0.25) is 0 Å². The van der Waals surface area contributed by atoms with Crippen molar-refractivity contribution in [2.24, 2.45) is 0 Å². The molecule has 0 aliphatic heterocycles. The molecular weight excluding hydrogens is 377 g/mol. The monoisotopic (exact) mass is 388 g/mol. The Bertz CT molecular complexity index is 1080. The van der Waals surface area contributed by atoms with E-state index < -0.39 is 17.5 Å². The van der Waals surface area contributed by atoms with Crippen LogP contribution < -0.4 is 5.32 Å². The number of rotatable bonds is 3. The van der Waals surface area contributed by atoms with Crippen molar-refractivity contribution in [2.45, 2.75) is 0 Å². The molecule has 136 valence electrons. The number of anilines is 2. The summed E-state index contributed by atoms with van der Waals surface area (Å²) in [5.74, 6) is -3.32. The number of hydrogen-bond acceptors (Lipinski definition) is 4. The van der Waals surface area contributed by atoms with Gasteiger partial charge in [-0.15, -0.1) is 12.4 Å². The summed E-state index contributed by atoms with van der Waals surface area (Å²) in [7, 11) is 0. The predicted molar refractivity (Wildman–Crippen MR) is 99.6 cm³/mol. The molecule has 0 radical (unpaired) electrons. The van der Waals surface area contributed by atoms with Crippen LogP contribution in [0.3, 0.4) is 0 Å². The van der Waals surface area contributed by atoms with Crippen LogP contribution >= 0.6 is 12.4 Å². The number of nitrogens with zero attached hydrogens (tertiary/aromatic N) is 3. The van der Waals surface area contributed by atoms with Crippen LogP contribution in [0.15, 0.2) is 60.9 Å². The van der Waals surface area contributed by atoms with Crippen LogP contribution in [0.4, 0.5) is 24.7 Å². The lowest BCUT2D eigenvalue weighted by molar-refractivity contribution is 0.448. The van der Waals surface area contributed by atoms with E-state index in [9.17, 15) is 13.2 Å². The van der Waals surface area contributed by atoms with Gasteiger partial charge in [-0.05, 0) is 24.3 Å². The second-order valence-corrected chi connectivity index (χ2v) is 5.53. The first-order valence-electron chi connectivity index (χ1n) is 7.70. The van der Waals surface area contributed by atoms with Crippen molar-refractivity contribution in [3.63, 3.8) is 0 Å². The molecule has 0 amide bonds. The molecule has 4 aromatic rings. The molecule has 0 spiro atoms. The Labute approximate surface area is 158 Å². The van der Waals surface area contributed by atoms with Crippen molar-refractivity contribution in [2.75, 3.05) is 5.32 Å². The Morgan fingerprint density at radius 1 is 0.852 bits per heavy atom. The van der Waals surface area contributed by atoms with Crippen LogP contribution in [0.25, 0.3) is 22.3 Å². The summed E-state index contributed by atoms with van der Waals surface area (Å²) in [6.07, 6.45) is 3.25. The largest absolute Gasteiger partial charge is 0.339 e. The zero-order valence-electron chi connectivity index (χ0n) is 13.7. The first kappa shape index (κ1) is 18.6. The summed E-state index contributed by atoms with van der Waals surface area (Å²) in [6.45, 7) is 0. The third-order valence-corrected chi connectivity index (χ3v) is 3.77. The molecule has 27 heavy (non-hydrogen) atoms. The Balaban J connectivity index is 0.00000210. The van der Waals surface area contributed by atoms with E-state index in [0.717, 1.165) is 12.1 Å². The van der Waals surface area contributed by atoms with E-state index >= 15 is 0 Å². The van der Waals surface area contributed by atoms with E-state index in [0.29, 0.717) is 28.1 Å². The standard InChI is InChI=1S/C19H11F3N4.ClH/c20-14-8-12(9-15(21)17(14)22)24-19-13-5-1-2-6-16(13)25-18(26-19)11-4-3-7-23-10-11;/h1-10H,(H,24,25,26);1H. The van der Waals surface area contributed by atoms with Gasteiger partial charge in [-0.2, -0.15) is 0 Å². The summed E-state index contributed by atoms with van der Waals surface area (Å²) in [5.41, 5.74) is 1.38. The predicted octanol–water partition coefficient (Wildman–Crippen LogP) is 5.27. The SMILES string of the molecule is Cl.Fc1cc(Nc2nc(-c3cccnc3)nc3ccccc23)cc(F)c1F. The molecule has 0 saturated heterocycles. The van der Waals surface area contributed by atoms with Crippen LogP contribution in [0, 0.1) is 17.5 Å². The molecule has 0 atom stereocenters. The molecule has 0 saturated carbocycles. The van der Waals surface area contributed by atoms with Gasteiger partial charge in [0.25, 0.3) is 0 Å². The molecule has 0 bridgehead atoms. The molecule has 1 N–H and O–H groups in total. The number of halogens is 4. The first-order valence-corrected chi connectivity index (χ1v) is 7.70. The van der Waals surface area contributed by atoms with Gasteiger partial charge in [-0.25, -0.2) is 23.1 Å². The molecule has 0 unspecified atom stereocenters. The summed E-state index contributed by atoms with van der Waals surface area (Å²) in [6, 6.07) is 12.5. The maximum atomic E-state index is 13.5. The number of pyridine rings is 1. The molecule has 4 nitrogen and oxygen atoms in total. The van der Waals surface area contributed by atoms with Crippen LogP contribution in [0.2, 0.25) is 0 Å². The summed E-state index contributed by atoms with van der Waals surface area (Å²) >= 11 is 0. The zero-order valence-corrected chi connectivity index (χ0v) is 14.5. The molecule has 8 heteroatoms. The average Bonchev–Trinajstić information content (AvgIpc) is 2.66.